The molecule has 0 radical (unpaired) electrons. The molecule has 6 heteroatoms. The Bertz CT molecular complexity index is 1160. The number of rotatable bonds is 4. The lowest BCUT2D eigenvalue weighted by Crippen LogP contribution is -2.30. The summed E-state index contributed by atoms with van der Waals surface area (Å²) in [4.78, 5) is 17.0. The minimum absolute atomic E-state index is 0.249. The molecule has 0 bridgehead atoms. The molecule has 1 aromatic heterocycles. The van der Waals surface area contributed by atoms with Crippen molar-refractivity contribution in [1.29, 1.82) is 0 Å². The van der Waals surface area contributed by atoms with Gasteiger partial charge in [-0.05, 0) is 42.3 Å². The van der Waals surface area contributed by atoms with Gasteiger partial charge in [-0.25, -0.2) is 4.21 Å². The summed E-state index contributed by atoms with van der Waals surface area (Å²) in [6.45, 7) is 0. The van der Waals surface area contributed by atoms with Crippen LogP contribution in [0.1, 0.15) is 21.5 Å². The first-order valence-corrected chi connectivity index (χ1v) is 10.1. The maximum atomic E-state index is 12.9. The predicted octanol–water partition coefficient (Wildman–Crippen LogP) is 2.91. The molecule has 1 heterocycles. The third kappa shape index (κ3) is 4.78. The molecule has 2 aromatic carbocycles. The number of carbonyl (C=O) groups is 1. The molecule has 1 unspecified atom stereocenters. The van der Waals surface area contributed by atoms with E-state index in [4.69, 9.17) is 4.74 Å². The van der Waals surface area contributed by atoms with E-state index in [-0.39, 0.29) is 5.56 Å². The SMILES string of the molecule is C=S(=O)(NC(=O)c1cncc(C#Cc2ccccc2)c1)c1cccc(OC)c1. The van der Waals surface area contributed by atoms with E-state index in [0.717, 1.165) is 5.56 Å². The van der Waals surface area contributed by atoms with E-state index in [1.807, 2.05) is 30.3 Å². The Morgan fingerprint density at radius 1 is 1.04 bits per heavy atom. The van der Waals surface area contributed by atoms with Gasteiger partial charge in [0.2, 0.25) is 0 Å². The topological polar surface area (TPSA) is 68.3 Å². The maximum Gasteiger partial charge on any atom is 0.264 e. The first kappa shape index (κ1) is 19.2. The summed E-state index contributed by atoms with van der Waals surface area (Å²) in [5, 5.41) is 0. The average Bonchev–Trinajstić information content (AvgIpc) is 2.73. The molecule has 3 rings (SSSR count). The van der Waals surface area contributed by atoms with Crippen LogP contribution in [0.15, 0.2) is 78.0 Å². The Labute approximate surface area is 164 Å². The Morgan fingerprint density at radius 3 is 2.54 bits per heavy atom. The van der Waals surface area contributed by atoms with Crippen molar-refractivity contribution in [1.82, 2.24) is 9.71 Å². The number of benzene rings is 2. The Hall–Kier alpha value is -3.56. The molecule has 28 heavy (non-hydrogen) atoms. The first-order valence-electron chi connectivity index (χ1n) is 8.33. The van der Waals surface area contributed by atoms with Crippen molar-refractivity contribution < 1.29 is 13.7 Å². The molecule has 1 amide bonds. The molecule has 0 saturated carbocycles. The third-order valence-electron chi connectivity index (χ3n) is 3.80. The van der Waals surface area contributed by atoms with E-state index in [0.29, 0.717) is 16.2 Å². The number of carbonyl (C=O) groups excluding carboxylic acids is 1. The summed E-state index contributed by atoms with van der Waals surface area (Å²) in [6.07, 6.45) is 2.96. The first-order chi connectivity index (χ1) is 13.5. The highest BCUT2D eigenvalue weighted by Crippen LogP contribution is 2.17. The standard InChI is InChI=1S/C22H18N2O3S/c1-27-20-9-6-10-21(14-20)28(2,26)24-22(25)19-13-18(15-23-16-19)12-11-17-7-4-3-5-8-17/h3-10,13-16H,2H2,1H3,(H,24,25,26). The van der Waals surface area contributed by atoms with Crippen LogP contribution in [0.25, 0.3) is 0 Å². The van der Waals surface area contributed by atoms with Gasteiger partial charge < -0.3 is 4.74 Å². The van der Waals surface area contributed by atoms with Crippen LogP contribution in [0.2, 0.25) is 0 Å². The highest BCUT2D eigenvalue weighted by Gasteiger charge is 2.15. The third-order valence-corrected chi connectivity index (χ3v) is 5.34. The van der Waals surface area contributed by atoms with Crippen LogP contribution in [-0.2, 0) is 9.71 Å². The Morgan fingerprint density at radius 2 is 1.79 bits per heavy atom. The average molecular weight is 390 g/mol. The zero-order chi connectivity index (χ0) is 20.0. The largest absolute Gasteiger partial charge is 0.497 e. The molecule has 1 N–H and O–H groups in total. The molecular weight excluding hydrogens is 372 g/mol. The van der Waals surface area contributed by atoms with Gasteiger partial charge >= 0.3 is 0 Å². The molecule has 0 aliphatic rings. The van der Waals surface area contributed by atoms with Crippen LogP contribution >= 0.6 is 0 Å². The van der Waals surface area contributed by atoms with Gasteiger partial charge in [0.25, 0.3) is 5.91 Å². The smallest absolute Gasteiger partial charge is 0.264 e. The number of nitrogens with zero attached hydrogens (tertiary/aromatic N) is 1. The lowest BCUT2D eigenvalue weighted by molar-refractivity contribution is 0.0982. The van der Waals surface area contributed by atoms with E-state index >= 15 is 0 Å². The highest BCUT2D eigenvalue weighted by atomic mass is 32.2. The van der Waals surface area contributed by atoms with Crippen LogP contribution in [0.4, 0.5) is 0 Å². The van der Waals surface area contributed by atoms with Gasteiger partial charge in [-0.15, -0.1) is 0 Å². The fourth-order valence-electron chi connectivity index (χ4n) is 2.37. The minimum atomic E-state index is -3.05. The fourth-order valence-corrected chi connectivity index (χ4v) is 3.51. The Kier molecular flexibility index (Phi) is 5.78. The molecule has 5 nitrogen and oxygen atoms in total. The highest BCUT2D eigenvalue weighted by molar-refractivity contribution is 7.99. The zero-order valence-corrected chi connectivity index (χ0v) is 16.0. The summed E-state index contributed by atoms with van der Waals surface area (Å²) in [5.74, 6) is 9.64. The molecule has 0 fully saturated rings. The molecule has 0 aliphatic heterocycles. The molecule has 1 atom stereocenters. The normalized spacial score (nSPS) is 12.2. The van der Waals surface area contributed by atoms with Crippen molar-refractivity contribution in [3.05, 3.63) is 89.7 Å². The number of hydrogen-bond acceptors (Lipinski definition) is 4. The van der Waals surface area contributed by atoms with Gasteiger partial charge in [-0.1, -0.05) is 36.1 Å². The van der Waals surface area contributed by atoms with Crippen LogP contribution in [-0.4, -0.2) is 28.1 Å². The lowest BCUT2D eigenvalue weighted by Gasteiger charge is -2.12. The van der Waals surface area contributed by atoms with E-state index in [2.05, 4.69) is 27.4 Å². The van der Waals surface area contributed by atoms with Gasteiger partial charge in [-0.3, -0.25) is 14.5 Å². The van der Waals surface area contributed by atoms with Crippen molar-refractivity contribution in [3.63, 3.8) is 0 Å². The van der Waals surface area contributed by atoms with Crippen LogP contribution < -0.4 is 9.46 Å². The number of aromatic nitrogens is 1. The monoisotopic (exact) mass is 390 g/mol. The molecule has 0 spiro atoms. The quantitative estimate of drug-likeness (QED) is 0.549. The molecule has 0 saturated heterocycles. The second-order valence-electron chi connectivity index (χ2n) is 5.86. The summed E-state index contributed by atoms with van der Waals surface area (Å²) < 4.78 is 20.5. The van der Waals surface area contributed by atoms with Crippen LogP contribution in [0.5, 0.6) is 5.75 Å². The second-order valence-corrected chi connectivity index (χ2v) is 7.89. The van der Waals surface area contributed by atoms with Gasteiger partial charge in [0.1, 0.15) is 5.75 Å². The summed E-state index contributed by atoms with van der Waals surface area (Å²) >= 11 is 0. The van der Waals surface area contributed by atoms with Crippen LogP contribution in [0, 0.1) is 11.8 Å². The zero-order valence-electron chi connectivity index (χ0n) is 15.2. The summed E-state index contributed by atoms with van der Waals surface area (Å²) in [7, 11) is -1.54. The van der Waals surface area contributed by atoms with Gasteiger partial charge in [0.05, 0.1) is 27.3 Å². The number of methoxy groups -OCH3 is 1. The maximum absolute atomic E-state index is 12.9. The number of pyridine rings is 1. The number of nitrogens with one attached hydrogen (secondary N) is 1. The van der Waals surface area contributed by atoms with Gasteiger partial charge in [0, 0.05) is 23.5 Å². The van der Waals surface area contributed by atoms with Crippen molar-refractivity contribution in [2.75, 3.05) is 7.11 Å². The summed E-state index contributed by atoms with van der Waals surface area (Å²) in [5.41, 5.74) is 1.68. The molecule has 3 aromatic rings. The van der Waals surface area contributed by atoms with Crippen molar-refractivity contribution in [3.8, 4) is 17.6 Å². The van der Waals surface area contributed by atoms with E-state index in [9.17, 15) is 9.00 Å². The Balaban J connectivity index is 1.80. The number of ether oxygens (including phenoxy) is 1. The van der Waals surface area contributed by atoms with Gasteiger partial charge in [0.15, 0.2) is 0 Å². The summed E-state index contributed by atoms with van der Waals surface area (Å²) in [6, 6.07) is 17.7. The lowest BCUT2D eigenvalue weighted by atomic mass is 10.2. The molecular formula is C22H18N2O3S. The molecule has 140 valence electrons. The molecule has 0 aliphatic carbocycles. The minimum Gasteiger partial charge on any atom is -0.497 e. The second kappa shape index (κ2) is 8.42. The number of amides is 1. The van der Waals surface area contributed by atoms with Crippen molar-refractivity contribution in [2.45, 2.75) is 4.90 Å². The van der Waals surface area contributed by atoms with Crippen molar-refractivity contribution in [2.24, 2.45) is 0 Å². The van der Waals surface area contributed by atoms with Crippen LogP contribution in [0.3, 0.4) is 0 Å². The van der Waals surface area contributed by atoms with E-state index in [1.54, 1.807) is 36.5 Å². The number of hydrogen-bond donors (Lipinski definition) is 1. The van der Waals surface area contributed by atoms with Crippen molar-refractivity contribution >= 4 is 21.5 Å². The predicted molar refractivity (Wildman–Crippen MR) is 111 cm³/mol. The van der Waals surface area contributed by atoms with E-state index < -0.39 is 15.6 Å². The van der Waals surface area contributed by atoms with Gasteiger partial charge in [-0.2, -0.15) is 0 Å². The van der Waals surface area contributed by atoms with E-state index in [1.165, 1.54) is 13.3 Å². The fraction of sp³-hybridized carbons (Fsp3) is 0.0455.